The first-order valence-electron chi connectivity index (χ1n) is 8.34. The van der Waals surface area contributed by atoms with E-state index in [0.29, 0.717) is 5.56 Å². The fraction of sp³-hybridized carbons (Fsp3) is 0.611. The van der Waals surface area contributed by atoms with Gasteiger partial charge in [0.15, 0.2) is 0 Å². The summed E-state index contributed by atoms with van der Waals surface area (Å²) in [5, 5.41) is 2.97. The average Bonchev–Trinajstić information content (AvgIpc) is 2.51. The Kier molecular flexibility index (Phi) is 8.60. The summed E-state index contributed by atoms with van der Waals surface area (Å²) in [4.78, 5) is 14.4. The molecule has 4 heteroatoms. The van der Waals surface area contributed by atoms with Gasteiger partial charge in [-0.2, -0.15) is 0 Å². The van der Waals surface area contributed by atoms with Crippen LogP contribution in [0.1, 0.15) is 50.9 Å². The van der Waals surface area contributed by atoms with Crippen LogP contribution in [0.4, 0.5) is 0 Å². The smallest absolute Gasteiger partial charge is 0.251 e. The number of nitrogens with zero attached hydrogens (tertiary/aromatic N) is 1. The molecule has 0 aliphatic rings. The monoisotopic (exact) mass is 306 g/mol. The Bertz CT molecular complexity index is 425. The van der Waals surface area contributed by atoms with Crippen molar-refractivity contribution in [3.63, 3.8) is 0 Å². The number of carbonyl (C=O) groups excluding carboxylic acids is 1. The van der Waals surface area contributed by atoms with E-state index in [0.717, 1.165) is 44.8 Å². The molecule has 1 aromatic rings. The zero-order valence-corrected chi connectivity index (χ0v) is 14.4. The van der Waals surface area contributed by atoms with Crippen molar-refractivity contribution in [2.75, 3.05) is 26.2 Å². The van der Waals surface area contributed by atoms with Crippen molar-refractivity contribution in [2.24, 2.45) is 0 Å². The maximum Gasteiger partial charge on any atom is 0.251 e. The highest BCUT2D eigenvalue weighted by Crippen LogP contribution is 2.13. The van der Waals surface area contributed by atoms with Crippen molar-refractivity contribution >= 4 is 5.91 Å². The Balaban J connectivity index is 2.27. The Morgan fingerprint density at radius 1 is 1.14 bits per heavy atom. The third kappa shape index (κ3) is 6.94. The molecule has 1 aromatic carbocycles. The van der Waals surface area contributed by atoms with Crippen LogP contribution >= 0.6 is 0 Å². The van der Waals surface area contributed by atoms with Crippen molar-refractivity contribution in [1.29, 1.82) is 0 Å². The molecule has 0 heterocycles. The van der Waals surface area contributed by atoms with Crippen molar-refractivity contribution in [1.82, 2.24) is 10.2 Å². The predicted molar refractivity (Wildman–Crippen MR) is 91.6 cm³/mol. The molecule has 0 atom stereocenters. The maximum atomic E-state index is 12.0. The summed E-state index contributed by atoms with van der Waals surface area (Å²) >= 11 is 0. The number of amides is 1. The summed E-state index contributed by atoms with van der Waals surface area (Å²) in [5.41, 5.74) is 0.680. The van der Waals surface area contributed by atoms with Gasteiger partial charge in [0.2, 0.25) is 0 Å². The minimum atomic E-state index is -0.0149. The number of carbonyl (C=O) groups is 1. The standard InChI is InChI=1S/C18H30N2O2/c1-5-20(6-2)14-8-7-13-19-18(21)16-9-11-17(12-10-16)22-15(3)4/h9-12,15H,5-8,13-14H2,1-4H3,(H,19,21). The summed E-state index contributed by atoms with van der Waals surface area (Å²) in [6.45, 7) is 12.3. The Labute approximate surface area is 134 Å². The minimum Gasteiger partial charge on any atom is -0.491 e. The van der Waals surface area contributed by atoms with E-state index < -0.39 is 0 Å². The third-order valence-corrected chi connectivity index (χ3v) is 3.57. The number of benzene rings is 1. The Morgan fingerprint density at radius 3 is 2.32 bits per heavy atom. The minimum absolute atomic E-state index is 0.0149. The number of rotatable bonds is 10. The van der Waals surface area contributed by atoms with Crippen molar-refractivity contribution < 1.29 is 9.53 Å². The highest BCUT2D eigenvalue weighted by molar-refractivity contribution is 5.94. The number of unbranched alkanes of at least 4 members (excludes halogenated alkanes) is 1. The molecule has 0 aliphatic heterocycles. The normalized spacial score (nSPS) is 11.0. The molecule has 0 saturated carbocycles. The zero-order valence-electron chi connectivity index (χ0n) is 14.4. The molecule has 1 amide bonds. The Hall–Kier alpha value is -1.55. The first-order valence-corrected chi connectivity index (χ1v) is 8.34. The molecule has 1 N–H and O–H groups in total. The molecule has 124 valence electrons. The molecule has 0 spiro atoms. The zero-order chi connectivity index (χ0) is 16.4. The lowest BCUT2D eigenvalue weighted by Crippen LogP contribution is -2.27. The van der Waals surface area contributed by atoms with E-state index >= 15 is 0 Å². The second kappa shape index (κ2) is 10.2. The first-order chi connectivity index (χ1) is 10.6. The van der Waals surface area contributed by atoms with E-state index in [2.05, 4.69) is 24.1 Å². The number of hydrogen-bond acceptors (Lipinski definition) is 3. The van der Waals surface area contributed by atoms with Gasteiger partial charge in [-0.05, 0) is 70.6 Å². The fourth-order valence-electron chi connectivity index (χ4n) is 2.26. The summed E-state index contributed by atoms with van der Waals surface area (Å²) in [7, 11) is 0. The van der Waals surface area contributed by atoms with Crippen molar-refractivity contribution in [2.45, 2.75) is 46.6 Å². The molecule has 4 nitrogen and oxygen atoms in total. The van der Waals surface area contributed by atoms with Crippen molar-refractivity contribution in [3.05, 3.63) is 29.8 Å². The molecular weight excluding hydrogens is 276 g/mol. The quantitative estimate of drug-likeness (QED) is 0.674. The van der Waals surface area contributed by atoms with Gasteiger partial charge in [-0.1, -0.05) is 13.8 Å². The van der Waals surface area contributed by atoms with Gasteiger partial charge in [0.25, 0.3) is 5.91 Å². The van der Waals surface area contributed by atoms with Crippen molar-refractivity contribution in [3.8, 4) is 5.75 Å². The molecule has 0 unspecified atom stereocenters. The molecule has 0 aliphatic carbocycles. The van der Waals surface area contributed by atoms with Gasteiger partial charge in [-0.3, -0.25) is 4.79 Å². The summed E-state index contributed by atoms with van der Waals surface area (Å²) in [6, 6.07) is 7.30. The van der Waals surface area contributed by atoms with Crippen LogP contribution in [0.15, 0.2) is 24.3 Å². The molecule has 0 bridgehead atoms. The second-order valence-corrected chi connectivity index (χ2v) is 5.68. The largest absolute Gasteiger partial charge is 0.491 e. The van der Waals surface area contributed by atoms with Crippen LogP contribution in [0.2, 0.25) is 0 Å². The van der Waals surface area contributed by atoms with Crippen LogP contribution in [-0.2, 0) is 0 Å². The molecule has 22 heavy (non-hydrogen) atoms. The predicted octanol–water partition coefficient (Wildman–Crippen LogP) is 3.33. The van der Waals surface area contributed by atoms with E-state index in [1.165, 1.54) is 0 Å². The molecular formula is C18H30N2O2. The van der Waals surface area contributed by atoms with E-state index in [1.54, 1.807) is 0 Å². The first kappa shape index (κ1) is 18.5. The van der Waals surface area contributed by atoms with E-state index in [4.69, 9.17) is 4.74 Å². The molecule has 0 saturated heterocycles. The molecule has 0 fully saturated rings. The highest BCUT2D eigenvalue weighted by Gasteiger charge is 2.06. The molecule has 0 aromatic heterocycles. The Morgan fingerprint density at radius 2 is 1.77 bits per heavy atom. The van der Waals surface area contributed by atoms with Crippen LogP contribution < -0.4 is 10.1 Å². The number of nitrogens with one attached hydrogen (secondary N) is 1. The fourth-order valence-corrected chi connectivity index (χ4v) is 2.26. The van der Waals surface area contributed by atoms with Gasteiger partial charge in [-0.15, -0.1) is 0 Å². The molecule has 0 radical (unpaired) electrons. The average molecular weight is 306 g/mol. The molecule has 1 rings (SSSR count). The summed E-state index contributed by atoms with van der Waals surface area (Å²) in [5.74, 6) is 0.782. The van der Waals surface area contributed by atoms with Crippen LogP contribution in [0, 0.1) is 0 Å². The van der Waals surface area contributed by atoms with Gasteiger partial charge in [0.05, 0.1) is 6.10 Å². The van der Waals surface area contributed by atoms with Crippen LogP contribution in [0.3, 0.4) is 0 Å². The third-order valence-electron chi connectivity index (χ3n) is 3.57. The highest BCUT2D eigenvalue weighted by atomic mass is 16.5. The number of ether oxygens (including phenoxy) is 1. The maximum absolute atomic E-state index is 12.0. The van der Waals surface area contributed by atoms with Gasteiger partial charge in [0.1, 0.15) is 5.75 Å². The van der Waals surface area contributed by atoms with E-state index in [1.807, 2.05) is 38.1 Å². The SMILES string of the molecule is CCN(CC)CCCCNC(=O)c1ccc(OC(C)C)cc1. The lowest BCUT2D eigenvalue weighted by molar-refractivity contribution is 0.0952. The second-order valence-electron chi connectivity index (χ2n) is 5.68. The van der Waals surface area contributed by atoms with E-state index in [-0.39, 0.29) is 12.0 Å². The van der Waals surface area contributed by atoms with Gasteiger partial charge >= 0.3 is 0 Å². The summed E-state index contributed by atoms with van der Waals surface area (Å²) < 4.78 is 5.57. The lowest BCUT2D eigenvalue weighted by atomic mass is 10.2. The topological polar surface area (TPSA) is 41.6 Å². The summed E-state index contributed by atoms with van der Waals surface area (Å²) in [6.07, 6.45) is 2.27. The van der Waals surface area contributed by atoms with Gasteiger partial charge in [-0.25, -0.2) is 0 Å². The van der Waals surface area contributed by atoms with Gasteiger partial charge < -0.3 is 15.0 Å². The van der Waals surface area contributed by atoms with Crippen LogP contribution in [0.25, 0.3) is 0 Å². The lowest BCUT2D eigenvalue weighted by Gasteiger charge is -2.17. The van der Waals surface area contributed by atoms with Gasteiger partial charge in [0, 0.05) is 12.1 Å². The number of hydrogen-bond donors (Lipinski definition) is 1. The van der Waals surface area contributed by atoms with Crippen LogP contribution in [-0.4, -0.2) is 43.1 Å². The van der Waals surface area contributed by atoms with E-state index in [9.17, 15) is 4.79 Å². The van der Waals surface area contributed by atoms with Crippen LogP contribution in [0.5, 0.6) is 5.75 Å².